The van der Waals surface area contributed by atoms with Crippen LogP contribution in [-0.4, -0.2) is 40.1 Å². The number of hydrogen-bond donors (Lipinski definition) is 1. The smallest absolute Gasteiger partial charge is 0.358 e. The quantitative estimate of drug-likeness (QED) is 0.840. The Kier molecular flexibility index (Phi) is 4.31. The summed E-state index contributed by atoms with van der Waals surface area (Å²) in [5, 5.41) is 2.18. The van der Waals surface area contributed by atoms with Gasteiger partial charge >= 0.3 is 5.97 Å². The van der Waals surface area contributed by atoms with E-state index in [0.717, 1.165) is 12.8 Å². The molecule has 2 atom stereocenters. The lowest BCUT2D eigenvalue weighted by Crippen LogP contribution is -2.47. The van der Waals surface area contributed by atoms with Crippen molar-refractivity contribution in [2.24, 2.45) is 0 Å². The van der Waals surface area contributed by atoms with Gasteiger partial charge in [-0.1, -0.05) is 6.42 Å². The van der Waals surface area contributed by atoms with Crippen LogP contribution in [0.3, 0.4) is 0 Å². The molecule has 0 aromatic carbocycles. The topological polar surface area (TPSA) is 67.3 Å². The molecule has 2 rings (SSSR count). The van der Waals surface area contributed by atoms with Crippen LogP contribution in [0.1, 0.15) is 43.6 Å². The van der Waals surface area contributed by atoms with Gasteiger partial charge in [0.2, 0.25) is 0 Å². The van der Waals surface area contributed by atoms with Crippen LogP contribution in [0.5, 0.6) is 0 Å². The molecular weight excluding hydrogens is 244 g/mol. The highest BCUT2D eigenvalue weighted by molar-refractivity contribution is 5.87. The highest BCUT2D eigenvalue weighted by Gasteiger charge is 2.25. The molecule has 0 amide bonds. The minimum Gasteiger partial charge on any atom is -0.464 e. The lowest BCUT2D eigenvalue weighted by molar-refractivity contribution is 0.0593. The summed E-state index contributed by atoms with van der Waals surface area (Å²) in [5.41, 5.74) is 3.46. The van der Waals surface area contributed by atoms with E-state index in [2.05, 4.69) is 39.0 Å². The van der Waals surface area contributed by atoms with Gasteiger partial charge in [-0.15, -0.1) is 0 Å². The minimum absolute atomic E-state index is 0.213. The lowest BCUT2D eigenvalue weighted by atomic mass is 10.00. The number of carbonyl (C=O) groups is 1. The molecular formula is C13H20N4O2. The van der Waals surface area contributed by atoms with Crippen LogP contribution < -0.4 is 5.43 Å². The van der Waals surface area contributed by atoms with Crippen LogP contribution in [-0.2, 0) is 4.74 Å². The molecule has 1 aromatic heterocycles. The van der Waals surface area contributed by atoms with Gasteiger partial charge in [0.1, 0.15) is 0 Å². The number of hydrazine groups is 1. The molecule has 6 heteroatoms. The molecule has 2 unspecified atom stereocenters. The molecule has 2 heterocycles. The normalized spacial score (nSPS) is 23.9. The second-order valence-corrected chi connectivity index (χ2v) is 4.93. The Morgan fingerprint density at radius 1 is 1.37 bits per heavy atom. The zero-order valence-corrected chi connectivity index (χ0v) is 11.6. The molecule has 0 spiro atoms. The number of piperidine rings is 1. The number of methoxy groups -OCH3 is 1. The SMILES string of the molecule is COC(=O)c1cncc(NN2C(C)CCCC2C)n1. The summed E-state index contributed by atoms with van der Waals surface area (Å²) in [4.78, 5) is 19.7. The van der Waals surface area contributed by atoms with Gasteiger partial charge in [0.15, 0.2) is 11.5 Å². The van der Waals surface area contributed by atoms with E-state index in [9.17, 15) is 4.79 Å². The molecule has 0 saturated carbocycles. The van der Waals surface area contributed by atoms with E-state index in [1.54, 1.807) is 6.20 Å². The average molecular weight is 264 g/mol. The molecule has 104 valence electrons. The third kappa shape index (κ3) is 3.20. The maximum atomic E-state index is 11.4. The summed E-state index contributed by atoms with van der Waals surface area (Å²) < 4.78 is 4.64. The monoisotopic (exact) mass is 264 g/mol. The van der Waals surface area contributed by atoms with Crippen molar-refractivity contribution in [3.05, 3.63) is 18.1 Å². The lowest BCUT2D eigenvalue weighted by Gasteiger charge is -2.39. The maximum Gasteiger partial charge on any atom is 0.358 e. The van der Waals surface area contributed by atoms with Crippen molar-refractivity contribution in [1.29, 1.82) is 0 Å². The van der Waals surface area contributed by atoms with Crippen molar-refractivity contribution in [2.75, 3.05) is 12.5 Å². The number of ether oxygens (including phenoxy) is 1. The summed E-state index contributed by atoms with van der Waals surface area (Å²) in [5.74, 6) is 0.0967. The number of carbonyl (C=O) groups excluding carboxylic acids is 1. The first-order chi connectivity index (χ1) is 9.11. The number of aromatic nitrogens is 2. The summed E-state index contributed by atoms with van der Waals surface area (Å²) >= 11 is 0. The molecule has 1 aliphatic heterocycles. The third-order valence-corrected chi connectivity index (χ3v) is 3.47. The van der Waals surface area contributed by atoms with Crippen LogP contribution in [0.25, 0.3) is 0 Å². The van der Waals surface area contributed by atoms with Gasteiger partial charge in [0, 0.05) is 12.1 Å². The molecule has 6 nitrogen and oxygen atoms in total. The predicted molar refractivity (Wildman–Crippen MR) is 71.6 cm³/mol. The van der Waals surface area contributed by atoms with Crippen LogP contribution in [0.2, 0.25) is 0 Å². The van der Waals surface area contributed by atoms with Gasteiger partial charge in [0.05, 0.1) is 19.5 Å². The Hall–Kier alpha value is -1.69. The number of rotatable bonds is 3. The number of nitrogens with one attached hydrogen (secondary N) is 1. The van der Waals surface area contributed by atoms with Gasteiger partial charge in [-0.3, -0.25) is 4.98 Å². The molecule has 1 N–H and O–H groups in total. The fraction of sp³-hybridized carbons (Fsp3) is 0.615. The Morgan fingerprint density at radius 2 is 2.05 bits per heavy atom. The first kappa shape index (κ1) is 13.7. The number of nitrogens with zero attached hydrogens (tertiary/aromatic N) is 3. The number of anilines is 1. The standard InChI is InChI=1S/C13H20N4O2/c1-9-5-4-6-10(2)17(9)16-12-8-14-7-11(15-12)13(18)19-3/h7-10H,4-6H2,1-3H3,(H,15,16). The average Bonchev–Trinajstić information content (AvgIpc) is 2.42. The molecule has 0 radical (unpaired) electrons. The fourth-order valence-electron chi connectivity index (χ4n) is 2.40. The van der Waals surface area contributed by atoms with Crippen molar-refractivity contribution < 1.29 is 9.53 Å². The Bertz CT molecular complexity index is 442. The molecule has 1 saturated heterocycles. The van der Waals surface area contributed by atoms with E-state index in [-0.39, 0.29) is 5.69 Å². The van der Waals surface area contributed by atoms with Crippen LogP contribution in [0.4, 0.5) is 5.82 Å². The molecule has 19 heavy (non-hydrogen) atoms. The Balaban J connectivity index is 2.12. The summed E-state index contributed by atoms with van der Waals surface area (Å²) in [6.07, 6.45) is 6.57. The van der Waals surface area contributed by atoms with Crippen LogP contribution >= 0.6 is 0 Å². The maximum absolute atomic E-state index is 11.4. The van der Waals surface area contributed by atoms with Gasteiger partial charge in [-0.25, -0.2) is 14.8 Å². The molecule has 1 fully saturated rings. The second-order valence-electron chi connectivity index (χ2n) is 4.93. The number of esters is 1. The highest BCUT2D eigenvalue weighted by atomic mass is 16.5. The van der Waals surface area contributed by atoms with E-state index < -0.39 is 5.97 Å². The van der Waals surface area contributed by atoms with Gasteiger partial charge in [-0.05, 0) is 26.7 Å². The first-order valence-electron chi connectivity index (χ1n) is 6.57. The predicted octanol–water partition coefficient (Wildman–Crippen LogP) is 1.85. The number of hydrogen-bond acceptors (Lipinski definition) is 6. The van der Waals surface area contributed by atoms with Crippen LogP contribution in [0.15, 0.2) is 12.4 Å². The Morgan fingerprint density at radius 3 is 2.68 bits per heavy atom. The second kappa shape index (κ2) is 5.97. The van der Waals surface area contributed by atoms with Crippen LogP contribution in [0, 0.1) is 0 Å². The molecule has 1 aliphatic rings. The van der Waals surface area contributed by atoms with Crippen molar-refractivity contribution in [1.82, 2.24) is 15.0 Å². The zero-order chi connectivity index (χ0) is 13.8. The zero-order valence-electron chi connectivity index (χ0n) is 11.6. The fourth-order valence-corrected chi connectivity index (χ4v) is 2.40. The van der Waals surface area contributed by atoms with Crippen molar-refractivity contribution in [3.63, 3.8) is 0 Å². The Labute approximate surface area is 113 Å². The van der Waals surface area contributed by atoms with Crippen molar-refractivity contribution in [2.45, 2.75) is 45.2 Å². The highest BCUT2D eigenvalue weighted by Crippen LogP contribution is 2.22. The van der Waals surface area contributed by atoms with Gasteiger partial charge < -0.3 is 10.2 Å². The van der Waals surface area contributed by atoms with E-state index in [4.69, 9.17) is 0 Å². The molecule has 0 bridgehead atoms. The molecule has 0 aliphatic carbocycles. The van der Waals surface area contributed by atoms with Gasteiger partial charge in [0.25, 0.3) is 0 Å². The van der Waals surface area contributed by atoms with E-state index >= 15 is 0 Å². The summed E-state index contributed by atoms with van der Waals surface area (Å²) in [6, 6.07) is 0.875. The largest absolute Gasteiger partial charge is 0.464 e. The van der Waals surface area contributed by atoms with E-state index in [1.807, 2.05) is 0 Å². The third-order valence-electron chi connectivity index (χ3n) is 3.47. The summed E-state index contributed by atoms with van der Waals surface area (Å²) in [7, 11) is 1.33. The summed E-state index contributed by atoms with van der Waals surface area (Å²) in [6.45, 7) is 4.36. The first-order valence-corrected chi connectivity index (χ1v) is 6.57. The van der Waals surface area contributed by atoms with Crippen molar-refractivity contribution in [3.8, 4) is 0 Å². The van der Waals surface area contributed by atoms with E-state index in [1.165, 1.54) is 19.7 Å². The minimum atomic E-state index is -0.476. The van der Waals surface area contributed by atoms with E-state index in [0.29, 0.717) is 17.9 Å². The van der Waals surface area contributed by atoms with Crippen molar-refractivity contribution >= 4 is 11.8 Å². The molecule has 1 aromatic rings. The van der Waals surface area contributed by atoms with Gasteiger partial charge in [-0.2, -0.15) is 0 Å².